The van der Waals surface area contributed by atoms with Crippen LogP contribution in [0.2, 0.25) is 0 Å². The molecular formula is C27H39FN6O5. The lowest BCUT2D eigenvalue weighted by Crippen LogP contribution is -2.37. The second kappa shape index (κ2) is 12.4. The number of imidazole rings is 1. The highest BCUT2D eigenvalue weighted by atomic mass is 19.1. The van der Waals surface area contributed by atoms with E-state index in [0.29, 0.717) is 23.7 Å². The Kier molecular flexibility index (Phi) is 9.14. The van der Waals surface area contributed by atoms with E-state index in [2.05, 4.69) is 25.6 Å². The Balaban J connectivity index is 1.60. The third-order valence-electron chi connectivity index (χ3n) is 7.87. The first-order chi connectivity index (χ1) is 18.7. The van der Waals surface area contributed by atoms with Crippen molar-refractivity contribution in [1.29, 1.82) is 0 Å². The van der Waals surface area contributed by atoms with Crippen molar-refractivity contribution in [1.82, 2.24) is 19.5 Å². The predicted molar refractivity (Wildman–Crippen MR) is 143 cm³/mol. The van der Waals surface area contributed by atoms with Crippen molar-refractivity contribution >= 4 is 40.6 Å². The average Bonchev–Trinajstić information content (AvgIpc) is 3.45. The van der Waals surface area contributed by atoms with Crippen molar-refractivity contribution in [3.63, 3.8) is 0 Å². The fourth-order valence-electron chi connectivity index (χ4n) is 5.55. The van der Waals surface area contributed by atoms with E-state index in [0.717, 1.165) is 25.7 Å². The number of aromatic nitrogens is 4. The fourth-order valence-corrected chi connectivity index (χ4v) is 5.55. The van der Waals surface area contributed by atoms with Gasteiger partial charge in [0, 0.05) is 38.6 Å². The van der Waals surface area contributed by atoms with Crippen LogP contribution in [0.1, 0.15) is 84.8 Å². The fraction of sp³-hybridized carbons (Fsp3) is 0.704. The molecule has 12 heteroatoms. The molecule has 2 N–H and O–H groups in total. The quantitative estimate of drug-likeness (QED) is 0.394. The van der Waals surface area contributed by atoms with Gasteiger partial charge in [-0.3, -0.25) is 24.3 Å². The summed E-state index contributed by atoms with van der Waals surface area (Å²) >= 11 is 0. The standard InChI is InChI=1S/C27H39FN6O5/c1-5-17(35)13-18-19(14-38-21(37)12-16-10-8-7-9-11-16)39-25(27(18,3)28)34-15-30-22-23(29-4)32-26(33-24(22)34)31-20(36)6-2/h15-16,18-19,25H,5-14H2,1-4H3,(H2,29,31,32,33,36)/t18-,19-,25-,27-/m1/s1. The molecule has 0 unspecified atom stereocenters. The van der Waals surface area contributed by atoms with Crippen LogP contribution in [0.25, 0.3) is 11.2 Å². The number of ether oxygens (including phenoxy) is 2. The largest absolute Gasteiger partial charge is 0.463 e. The van der Waals surface area contributed by atoms with Gasteiger partial charge in [0.15, 0.2) is 28.9 Å². The zero-order chi connectivity index (χ0) is 28.2. The lowest BCUT2D eigenvalue weighted by atomic mass is 9.83. The van der Waals surface area contributed by atoms with Gasteiger partial charge in [0.25, 0.3) is 0 Å². The van der Waals surface area contributed by atoms with Gasteiger partial charge < -0.3 is 14.8 Å². The number of carbonyl (C=O) groups excluding carboxylic acids is 3. The monoisotopic (exact) mass is 546 g/mol. The van der Waals surface area contributed by atoms with E-state index in [4.69, 9.17) is 9.47 Å². The van der Waals surface area contributed by atoms with Crippen LogP contribution in [0, 0.1) is 11.8 Å². The van der Waals surface area contributed by atoms with E-state index in [1.807, 2.05) is 0 Å². The van der Waals surface area contributed by atoms with Gasteiger partial charge in [0.2, 0.25) is 11.9 Å². The molecule has 0 aromatic carbocycles. The van der Waals surface area contributed by atoms with E-state index < -0.39 is 23.9 Å². The van der Waals surface area contributed by atoms with Gasteiger partial charge >= 0.3 is 5.97 Å². The molecule has 2 aromatic heterocycles. The lowest BCUT2D eigenvalue weighted by molar-refractivity contribution is -0.150. The summed E-state index contributed by atoms with van der Waals surface area (Å²) in [6, 6.07) is 0. The predicted octanol–water partition coefficient (Wildman–Crippen LogP) is 4.34. The first kappa shape index (κ1) is 28.8. The van der Waals surface area contributed by atoms with E-state index in [1.54, 1.807) is 20.9 Å². The molecule has 1 saturated carbocycles. The Morgan fingerprint density at radius 3 is 2.56 bits per heavy atom. The highest BCUT2D eigenvalue weighted by molar-refractivity contribution is 5.91. The van der Waals surface area contributed by atoms with Gasteiger partial charge in [-0.05, 0) is 25.7 Å². The highest BCUT2D eigenvalue weighted by Gasteiger charge is 2.56. The molecule has 11 nitrogen and oxygen atoms in total. The smallest absolute Gasteiger partial charge is 0.306 e. The third-order valence-corrected chi connectivity index (χ3v) is 7.87. The van der Waals surface area contributed by atoms with Crippen LogP contribution in [0.5, 0.6) is 0 Å². The molecule has 2 fully saturated rings. The molecule has 0 bridgehead atoms. The van der Waals surface area contributed by atoms with Gasteiger partial charge in [-0.2, -0.15) is 9.97 Å². The number of esters is 1. The number of nitrogens with one attached hydrogen (secondary N) is 2. The zero-order valence-corrected chi connectivity index (χ0v) is 23.2. The maximum absolute atomic E-state index is 16.6. The van der Waals surface area contributed by atoms with Crippen molar-refractivity contribution in [2.24, 2.45) is 11.8 Å². The third kappa shape index (κ3) is 6.37. The minimum Gasteiger partial charge on any atom is -0.463 e. The Hall–Kier alpha value is -3.15. The molecule has 2 aromatic rings. The molecule has 0 spiro atoms. The van der Waals surface area contributed by atoms with E-state index in [9.17, 15) is 14.4 Å². The van der Waals surface area contributed by atoms with Crippen molar-refractivity contribution in [2.75, 3.05) is 24.3 Å². The van der Waals surface area contributed by atoms with Crippen LogP contribution >= 0.6 is 0 Å². The molecule has 1 saturated heterocycles. The first-order valence-corrected chi connectivity index (χ1v) is 13.9. The molecule has 4 atom stereocenters. The molecule has 0 radical (unpaired) electrons. The van der Waals surface area contributed by atoms with E-state index in [1.165, 1.54) is 24.2 Å². The number of anilines is 2. The Bertz CT molecular complexity index is 1190. The molecular weight excluding hydrogens is 507 g/mol. The lowest BCUT2D eigenvalue weighted by Gasteiger charge is -2.27. The number of Topliss-reactive ketones (excluding diaryl/α,β-unsaturated/α-hetero) is 1. The molecule has 1 aliphatic heterocycles. The van der Waals surface area contributed by atoms with Crippen LogP contribution in [0.3, 0.4) is 0 Å². The van der Waals surface area contributed by atoms with Gasteiger partial charge in [-0.1, -0.05) is 33.1 Å². The number of nitrogens with zero attached hydrogens (tertiary/aromatic N) is 4. The van der Waals surface area contributed by atoms with E-state index in [-0.39, 0.29) is 55.1 Å². The maximum Gasteiger partial charge on any atom is 0.306 e. The van der Waals surface area contributed by atoms with E-state index >= 15 is 4.39 Å². The summed E-state index contributed by atoms with van der Waals surface area (Å²) in [6.45, 7) is 4.68. The van der Waals surface area contributed by atoms with Crippen LogP contribution in [-0.2, 0) is 23.9 Å². The minimum atomic E-state index is -2.02. The van der Waals surface area contributed by atoms with Gasteiger partial charge in [-0.25, -0.2) is 9.37 Å². The normalized spacial score (nSPS) is 25.5. The summed E-state index contributed by atoms with van der Waals surface area (Å²) in [4.78, 5) is 50.1. The Morgan fingerprint density at radius 1 is 1.15 bits per heavy atom. The van der Waals surface area contributed by atoms with Crippen molar-refractivity contribution in [3.05, 3.63) is 6.33 Å². The van der Waals surface area contributed by atoms with Gasteiger partial charge in [0.05, 0.1) is 6.33 Å². The Labute approximate surface area is 227 Å². The average molecular weight is 547 g/mol. The van der Waals surface area contributed by atoms with Gasteiger partial charge in [0.1, 0.15) is 18.5 Å². The SMILES string of the molecule is CCC(=O)C[C@@H]1[C@@H](COC(=O)CC2CCCCC2)O[C@@H](n2cnc3c(NC)nc(NC(=O)CC)nc32)[C@]1(C)F. The highest BCUT2D eigenvalue weighted by Crippen LogP contribution is 2.48. The van der Waals surface area contributed by atoms with Crippen LogP contribution < -0.4 is 10.6 Å². The van der Waals surface area contributed by atoms with Crippen molar-refractivity contribution in [2.45, 2.75) is 96.6 Å². The number of amides is 1. The molecule has 39 heavy (non-hydrogen) atoms. The molecule has 2 aliphatic rings. The minimum absolute atomic E-state index is 0.0462. The Morgan fingerprint density at radius 2 is 1.90 bits per heavy atom. The zero-order valence-electron chi connectivity index (χ0n) is 23.2. The van der Waals surface area contributed by atoms with Crippen LogP contribution in [0.4, 0.5) is 16.2 Å². The molecule has 3 heterocycles. The number of carbonyl (C=O) groups is 3. The van der Waals surface area contributed by atoms with Crippen molar-refractivity contribution < 1.29 is 28.2 Å². The summed E-state index contributed by atoms with van der Waals surface area (Å²) in [5.74, 6) is -0.840. The number of alkyl halides is 1. The maximum atomic E-state index is 16.6. The molecule has 1 aliphatic carbocycles. The molecule has 4 rings (SSSR count). The number of hydrogen-bond donors (Lipinski definition) is 2. The second-order valence-corrected chi connectivity index (χ2v) is 10.6. The summed E-state index contributed by atoms with van der Waals surface area (Å²) < 4.78 is 29.9. The number of halogens is 1. The van der Waals surface area contributed by atoms with Crippen molar-refractivity contribution in [3.8, 4) is 0 Å². The number of hydrogen-bond acceptors (Lipinski definition) is 9. The summed E-state index contributed by atoms with van der Waals surface area (Å²) in [5.41, 5.74) is -1.39. The molecule has 1 amide bonds. The first-order valence-electron chi connectivity index (χ1n) is 13.9. The number of fused-ring (bicyclic) bond motifs is 1. The van der Waals surface area contributed by atoms with Crippen LogP contribution in [0.15, 0.2) is 6.33 Å². The second-order valence-electron chi connectivity index (χ2n) is 10.6. The van der Waals surface area contributed by atoms with Gasteiger partial charge in [-0.15, -0.1) is 0 Å². The number of rotatable bonds is 11. The van der Waals surface area contributed by atoms with Crippen LogP contribution in [-0.4, -0.2) is 62.6 Å². The summed E-state index contributed by atoms with van der Waals surface area (Å²) in [6.07, 6.45) is 5.61. The summed E-state index contributed by atoms with van der Waals surface area (Å²) in [5, 5.41) is 5.55. The molecule has 214 valence electrons. The number of ketones is 1. The summed E-state index contributed by atoms with van der Waals surface area (Å²) in [7, 11) is 1.65. The topological polar surface area (TPSA) is 137 Å².